The van der Waals surface area contributed by atoms with Crippen LogP contribution in [0.5, 0.6) is 0 Å². The topological polar surface area (TPSA) is 24.4 Å². The number of rotatable bonds is 7. The Kier molecular flexibility index (Phi) is 8.33. The van der Waals surface area contributed by atoms with Crippen LogP contribution in [-0.2, 0) is 6.42 Å². The molecular weight excluding hydrogens is 324 g/mol. The second-order valence-electron chi connectivity index (χ2n) is 6.85. The van der Waals surface area contributed by atoms with Crippen LogP contribution < -0.4 is 5.32 Å². The molecule has 0 spiro atoms. The second-order valence-corrected chi connectivity index (χ2v) is 7.88. The van der Waals surface area contributed by atoms with Gasteiger partial charge in [0.1, 0.15) is 0 Å². The highest BCUT2D eigenvalue weighted by Gasteiger charge is 2.21. The lowest BCUT2D eigenvalue weighted by Crippen LogP contribution is -2.19. The van der Waals surface area contributed by atoms with Gasteiger partial charge in [-0.3, -0.25) is 4.99 Å². The van der Waals surface area contributed by atoms with E-state index in [0.717, 1.165) is 18.5 Å². The maximum atomic E-state index is 4.64. The van der Waals surface area contributed by atoms with Crippen LogP contribution in [0, 0.1) is 5.92 Å². The molecule has 3 heteroatoms. The van der Waals surface area contributed by atoms with Crippen molar-refractivity contribution in [3.8, 4) is 0 Å². The van der Waals surface area contributed by atoms with Crippen molar-refractivity contribution in [2.45, 2.75) is 58.8 Å². The molecule has 1 aliphatic carbocycles. The van der Waals surface area contributed by atoms with Gasteiger partial charge in [0, 0.05) is 25.1 Å². The Labute approximate surface area is 157 Å². The SMILES string of the molecule is C=C(Cc1ccccc1)N/C(S/C(=N\C)C1CCCCC1)=C(\C)CC. The minimum absolute atomic E-state index is 0.632. The van der Waals surface area contributed by atoms with Crippen LogP contribution in [0.25, 0.3) is 0 Å². The molecule has 0 saturated heterocycles. The Morgan fingerprint density at radius 1 is 1.20 bits per heavy atom. The van der Waals surface area contributed by atoms with E-state index < -0.39 is 0 Å². The first kappa shape index (κ1) is 19.8. The molecule has 1 aliphatic rings. The van der Waals surface area contributed by atoms with Gasteiger partial charge in [-0.25, -0.2) is 0 Å². The van der Waals surface area contributed by atoms with Gasteiger partial charge in [-0.1, -0.05) is 74.9 Å². The molecule has 1 N–H and O–H groups in total. The minimum atomic E-state index is 0.632. The van der Waals surface area contributed by atoms with Crippen LogP contribution in [0.4, 0.5) is 0 Å². The van der Waals surface area contributed by atoms with E-state index in [0.29, 0.717) is 5.92 Å². The lowest BCUT2D eigenvalue weighted by molar-refractivity contribution is 0.443. The second kappa shape index (κ2) is 10.5. The van der Waals surface area contributed by atoms with Gasteiger partial charge in [-0.05, 0) is 37.3 Å². The Balaban J connectivity index is 2.04. The maximum Gasteiger partial charge on any atom is 0.0772 e. The van der Waals surface area contributed by atoms with Gasteiger partial charge in [0.25, 0.3) is 0 Å². The van der Waals surface area contributed by atoms with Gasteiger partial charge in [0.15, 0.2) is 0 Å². The quantitative estimate of drug-likeness (QED) is 0.457. The molecule has 25 heavy (non-hydrogen) atoms. The van der Waals surface area contributed by atoms with Gasteiger partial charge in [0.2, 0.25) is 0 Å². The third-order valence-electron chi connectivity index (χ3n) is 4.85. The Bertz CT molecular complexity index is 610. The van der Waals surface area contributed by atoms with Gasteiger partial charge >= 0.3 is 0 Å². The van der Waals surface area contributed by atoms with Crippen molar-refractivity contribution in [3.63, 3.8) is 0 Å². The van der Waals surface area contributed by atoms with Crippen molar-refractivity contribution in [2.75, 3.05) is 7.05 Å². The number of nitrogens with one attached hydrogen (secondary N) is 1. The van der Waals surface area contributed by atoms with Crippen LogP contribution in [0.2, 0.25) is 0 Å². The first-order valence-electron chi connectivity index (χ1n) is 9.47. The van der Waals surface area contributed by atoms with E-state index in [4.69, 9.17) is 0 Å². The third kappa shape index (κ3) is 6.39. The molecule has 1 aromatic carbocycles. The van der Waals surface area contributed by atoms with Crippen LogP contribution in [0.3, 0.4) is 0 Å². The molecule has 1 fully saturated rings. The average Bonchev–Trinajstić information content (AvgIpc) is 2.65. The lowest BCUT2D eigenvalue weighted by atomic mass is 9.90. The highest BCUT2D eigenvalue weighted by atomic mass is 32.2. The van der Waals surface area contributed by atoms with Crippen molar-refractivity contribution in [1.82, 2.24) is 5.32 Å². The summed E-state index contributed by atoms with van der Waals surface area (Å²) >= 11 is 1.83. The first-order chi connectivity index (χ1) is 12.1. The van der Waals surface area contributed by atoms with Crippen LogP contribution in [-0.4, -0.2) is 12.1 Å². The molecule has 136 valence electrons. The molecule has 2 rings (SSSR count). The van der Waals surface area contributed by atoms with E-state index in [1.165, 1.54) is 53.3 Å². The van der Waals surface area contributed by atoms with Crippen molar-refractivity contribution >= 4 is 16.8 Å². The molecule has 1 aromatic rings. The standard InChI is InChI=1S/C22H32N2S/c1-5-17(2)21(24-18(3)16-19-12-8-6-9-13-19)25-22(23-4)20-14-10-7-11-15-20/h6,8-9,12-13,20,24H,3,5,7,10-11,14-16H2,1-2,4H3/b21-17-,23-22-. The summed E-state index contributed by atoms with van der Waals surface area (Å²) in [6.45, 7) is 8.67. The Morgan fingerprint density at radius 2 is 1.88 bits per heavy atom. The number of nitrogens with zero attached hydrogens (tertiary/aromatic N) is 1. The smallest absolute Gasteiger partial charge is 0.0772 e. The fourth-order valence-electron chi connectivity index (χ4n) is 3.19. The lowest BCUT2D eigenvalue weighted by Gasteiger charge is -2.24. The monoisotopic (exact) mass is 356 g/mol. The molecule has 0 aliphatic heterocycles. The molecule has 0 heterocycles. The molecular formula is C22H32N2S. The van der Waals surface area contributed by atoms with Crippen LogP contribution >= 0.6 is 11.8 Å². The largest absolute Gasteiger partial charge is 0.354 e. The normalized spacial score (nSPS) is 17.2. The van der Waals surface area contributed by atoms with Crippen LogP contribution in [0.15, 0.2) is 58.2 Å². The number of allylic oxidation sites excluding steroid dienone is 2. The molecule has 0 aromatic heterocycles. The molecule has 1 saturated carbocycles. The fourth-order valence-corrected chi connectivity index (χ4v) is 4.41. The molecule has 0 radical (unpaired) electrons. The fraction of sp³-hybridized carbons (Fsp3) is 0.500. The van der Waals surface area contributed by atoms with Gasteiger partial charge < -0.3 is 5.32 Å². The van der Waals surface area contributed by atoms with Gasteiger partial charge in [-0.15, -0.1) is 0 Å². The van der Waals surface area contributed by atoms with E-state index >= 15 is 0 Å². The molecule has 0 atom stereocenters. The number of aliphatic imine (C=N–C) groups is 1. The number of benzene rings is 1. The predicted octanol–water partition coefficient (Wildman–Crippen LogP) is 6.32. The molecule has 0 unspecified atom stereocenters. The van der Waals surface area contributed by atoms with E-state index in [9.17, 15) is 0 Å². The summed E-state index contributed by atoms with van der Waals surface area (Å²) in [4.78, 5) is 4.64. The van der Waals surface area contributed by atoms with E-state index in [1.807, 2.05) is 18.8 Å². The van der Waals surface area contributed by atoms with E-state index in [-0.39, 0.29) is 0 Å². The van der Waals surface area contributed by atoms with Gasteiger partial charge in [0.05, 0.1) is 10.1 Å². The molecule has 2 nitrogen and oxygen atoms in total. The number of thioether (sulfide) groups is 1. The Morgan fingerprint density at radius 3 is 2.48 bits per heavy atom. The third-order valence-corrected chi connectivity index (χ3v) is 6.23. The van der Waals surface area contributed by atoms with Crippen molar-refractivity contribution in [3.05, 3.63) is 58.8 Å². The average molecular weight is 357 g/mol. The predicted molar refractivity (Wildman–Crippen MR) is 113 cm³/mol. The van der Waals surface area contributed by atoms with Crippen molar-refractivity contribution in [1.29, 1.82) is 0 Å². The zero-order chi connectivity index (χ0) is 18.1. The molecule has 0 bridgehead atoms. The summed E-state index contributed by atoms with van der Waals surface area (Å²) in [6.07, 6.45) is 8.50. The van der Waals surface area contributed by atoms with Crippen molar-refractivity contribution < 1.29 is 0 Å². The molecule has 0 amide bonds. The highest BCUT2D eigenvalue weighted by molar-refractivity contribution is 8.17. The zero-order valence-electron chi connectivity index (χ0n) is 16.0. The zero-order valence-corrected chi connectivity index (χ0v) is 16.8. The van der Waals surface area contributed by atoms with Crippen LogP contribution in [0.1, 0.15) is 57.9 Å². The van der Waals surface area contributed by atoms with Gasteiger partial charge in [-0.2, -0.15) is 0 Å². The summed E-state index contributed by atoms with van der Waals surface area (Å²) in [6, 6.07) is 10.5. The number of hydrogen-bond acceptors (Lipinski definition) is 3. The maximum absolute atomic E-state index is 4.64. The van der Waals surface area contributed by atoms with Crippen molar-refractivity contribution in [2.24, 2.45) is 10.9 Å². The summed E-state index contributed by atoms with van der Waals surface area (Å²) in [5.74, 6) is 0.632. The first-order valence-corrected chi connectivity index (χ1v) is 10.3. The minimum Gasteiger partial charge on any atom is -0.354 e. The highest BCUT2D eigenvalue weighted by Crippen LogP contribution is 2.33. The summed E-state index contributed by atoms with van der Waals surface area (Å²) in [7, 11) is 1.94. The summed E-state index contributed by atoms with van der Waals surface area (Å²) in [5, 5.41) is 6.08. The summed E-state index contributed by atoms with van der Waals surface area (Å²) in [5.41, 5.74) is 3.70. The van der Waals surface area contributed by atoms with E-state index in [2.05, 4.69) is 61.1 Å². The Hall–Kier alpha value is -1.48. The van der Waals surface area contributed by atoms with E-state index in [1.54, 1.807) is 0 Å². The number of hydrogen-bond donors (Lipinski definition) is 1. The summed E-state index contributed by atoms with van der Waals surface area (Å²) < 4.78 is 0.